The summed E-state index contributed by atoms with van der Waals surface area (Å²) in [6.45, 7) is 2.85. The number of aryl methyl sites for hydroxylation is 1. The van der Waals surface area contributed by atoms with Crippen LogP contribution in [-0.4, -0.2) is 26.8 Å². The average molecular weight is 455 g/mol. The second-order valence-electron chi connectivity index (χ2n) is 7.87. The number of aromatic nitrogens is 3. The van der Waals surface area contributed by atoms with E-state index < -0.39 is 0 Å². The van der Waals surface area contributed by atoms with Gasteiger partial charge >= 0.3 is 0 Å². The predicted molar refractivity (Wildman–Crippen MR) is 127 cm³/mol. The molecule has 5 rings (SSSR count). The minimum absolute atomic E-state index is 0.241. The molecule has 1 aliphatic rings. The molecule has 7 heteroatoms. The molecule has 6 nitrogen and oxygen atoms in total. The van der Waals surface area contributed by atoms with E-state index in [1.165, 1.54) is 17.3 Å². The molecule has 0 radical (unpaired) electrons. The highest BCUT2D eigenvalue weighted by atomic mass is 32.2. The third kappa shape index (κ3) is 4.71. The summed E-state index contributed by atoms with van der Waals surface area (Å²) >= 11 is 1.45. The van der Waals surface area contributed by atoms with E-state index in [0.29, 0.717) is 18.1 Å². The molecule has 0 saturated carbocycles. The summed E-state index contributed by atoms with van der Waals surface area (Å²) < 4.78 is 13.1. The lowest BCUT2D eigenvalue weighted by Crippen LogP contribution is -2.09. The summed E-state index contributed by atoms with van der Waals surface area (Å²) in [5.41, 5.74) is 4.36. The number of hydrogen-bond acceptors (Lipinski definition) is 6. The van der Waals surface area contributed by atoms with Gasteiger partial charge < -0.3 is 9.47 Å². The molecule has 1 aromatic heterocycles. The molecule has 0 bridgehead atoms. The van der Waals surface area contributed by atoms with Gasteiger partial charge in [-0.15, -0.1) is 10.2 Å². The fourth-order valence-corrected chi connectivity index (χ4v) is 4.67. The van der Waals surface area contributed by atoms with Gasteiger partial charge in [-0.2, -0.15) is 5.26 Å². The van der Waals surface area contributed by atoms with Crippen LogP contribution in [0.1, 0.15) is 16.7 Å². The molecule has 0 spiro atoms. The van der Waals surface area contributed by atoms with Gasteiger partial charge in [-0.1, -0.05) is 78.0 Å². The van der Waals surface area contributed by atoms with Gasteiger partial charge in [-0.25, -0.2) is 0 Å². The molecule has 0 aliphatic carbocycles. The molecule has 0 fully saturated rings. The summed E-state index contributed by atoms with van der Waals surface area (Å²) in [6, 6.07) is 26.6. The lowest BCUT2D eigenvalue weighted by atomic mass is 10.1. The van der Waals surface area contributed by atoms with Crippen LogP contribution in [-0.2, 0) is 13.0 Å². The van der Waals surface area contributed by atoms with E-state index in [9.17, 15) is 5.26 Å². The molecule has 1 atom stereocenters. The Hall–Kier alpha value is -3.76. The highest BCUT2D eigenvalue weighted by Gasteiger charge is 2.21. The maximum absolute atomic E-state index is 9.85. The Bertz CT molecular complexity index is 1300. The first kappa shape index (κ1) is 21.1. The molecule has 164 valence electrons. The maximum atomic E-state index is 9.85. The molecular weight excluding hydrogens is 432 g/mol. The molecule has 1 aliphatic heterocycles. The topological polar surface area (TPSA) is 73.0 Å². The van der Waals surface area contributed by atoms with Gasteiger partial charge in [-0.3, -0.25) is 4.57 Å². The van der Waals surface area contributed by atoms with E-state index in [1.54, 1.807) is 0 Å². The van der Waals surface area contributed by atoms with Crippen LogP contribution in [0, 0.1) is 18.3 Å². The van der Waals surface area contributed by atoms with Crippen molar-refractivity contribution in [3.8, 4) is 29.0 Å². The second kappa shape index (κ2) is 9.39. The van der Waals surface area contributed by atoms with Gasteiger partial charge in [0.2, 0.25) is 6.79 Å². The van der Waals surface area contributed by atoms with Crippen molar-refractivity contribution in [2.24, 2.45) is 0 Å². The Balaban J connectivity index is 1.45. The van der Waals surface area contributed by atoms with E-state index in [-0.39, 0.29) is 12.0 Å². The number of rotatable bonds is 7. The van der Waals surface area contributed by atoms with Gasteiger partial charge in [0.15, 0.2) is 22.5 Å². The normalized spacial score (nSPS) is 13.0. The van der Waals surface area contributed by atoms with E-state index in [4.69, 9.17) is 9.47 Å². The quantitative estimate of drug-likeness (QED) is 0.355. The van der Waals surface area contributed by atoms with E-state index >= 15 is 0 Å². The van der Waals surface area contributed by atoms with Crippen LogP contribution in [0.25, 0.3) is 11.4 Å². The molecule has 33 heavy (non-hydrogen) atoms. The summed E-state index contributed by atoms with van der Waals surface area (Å²) in [7, 11) is 0. The first-order chi connectivity index (χ1) is 16.2. The number of benzene rings is 3. The number of nitriles is 1. The van der Waals surface area contributed by atoms with Crippen LogP contribution < -0.4 is 9.47 Å². The molecular formula is C26H22N4O2S. The third-order valence-corrected chi connectivity index (χ3v) is 6.53. The van der Waals surface area contributed by atoms with Crippen molar-refractivity contribution >= 4 is 11.8 Å². The van der Waals surface area contributed by atoms with Crippen molar-refractivity contribution < 1.29 is 9.47 Å². The lowest BCUT2D eigenvalue weighted by molar-refractivity contribution is 0.174. The van der Waals surface area contributed by atoms with Crippen LogP contribution in [0.2, 0.25) is 0 Å². The number of nitrogens with zero attached hydrogens (tertiary/aromatic N) is 4. The van der Waals surface area contributed by atoms with Crippen molar-refractivity contribution in [1.82, 2.24) is 14.8 Å². The van der Waals surface area contributed by atoms with Crippen molar-refractivity contribution in [2.45, 2.75) is 30.3 Å². The van der Waals surface area contributed by atoms with Crippen molar-refractivity contribution in [3.63, 3.8) is 0 Å². The van der Waals surface area contributed by atoms with Crippen LogP contribution in [0.4, 0.5) is 0 Å². The van der Waals surface area contributed by atoms with Crippen LogP contribution >= 0.6 is 11.8 Å². The number of ether oxygens (including phenoxy) is 2. The predicted octanol–water partition coefficient (Wildman–Crippen LogP) is 5.26. The maximum Gasteiger partial charge on any atom is 0.231 e. The molecule has 0 saturated heterocycles. The summed E-state index contributed by atoms with van der Waals surface area (Å²) in [5, 5.41) is 19.2. The molecule has 0 amide bonds. The average Bonchev–Trinajstić information content (AvgIpc) is 3.47. The fraction of sp³-hybridized carbons (Fsp3) is 0.192. The van der Waals surface area contributed by atoms with Gasteiger partial charge in [0.05, 0.1) is 12.6 Å². The molecule has 0 unspecified atom stereocenters. The summed E-state index contributed by atoms with van der Waals surface area (Å²) in [6.07, 6.45) is 0.638. The van der Waals surface area contributed by atoms with E-state index in [0.717, 1.165) is 34.0 Å². The minimum atomic E-state index is -0.281. The third-order valence-electron chi connectivity index (χ3n) is 5.46. The number of hydrogen-bond donors (Lipinski definition) is 0. The monoisotopic (exact) mass is 454 g/mol. The summed E-state index contributed by atoms with van der Waals surface area (Å²) in [5.74, 6) is 2.26. The Morgan fingerprint density at radius 3 is 2.52 bits per heavy atom. The highest BCUT2D eigenvalue weighted by Crippen LogP contribution is 2.34. The largest absolute Gasteiger partial charge is 0.454 e. The molecule has 3 aromatic carbocycles. The lowest BCUT2D eigenvalue weighted by Gasteiger charge is -2.13. The standard InChI is InChI=1S/C26H22N4O2S/c1-18-7-9-19(10-8-18)13-22(15-27)33-26-29-28-25(21-5-3-2-4-6-21)30(26)16-20-11-12-23-24(14-20)32-17-31-23/h2-12,14,22H,13,16-17H2,1H3/t22-/m0/s1. The van der Waals surface area contributed by atoms with Crippen molar-refractivity contribution in [3.05, 3.63) is 89.5 Å². The SMILES string of the molecule is Cc1ccc(C[C@@H](C#N)Sc2nnc(-c3ccccc3)n2Cc2ccc3c(c2)OCO3)cc1. The van der Waals surface area contributed by atoms with Crippen LogP contribution in [0.15, 0.2) is 78.0 Å². The smallest absolute Gasteiger partial charge is 0.231 e. The fourth-order valence-electron chi connectivity index (χ4n) is 3.72. The highest BCUT2D eigenvalue weighted by molar-refractivity contribution is 8.00. The van der Waals surface area contributed by atoms with Gasteiger partial charge in [0.1, 0.15) is 5.25 Å². The summed E-state index contributed by atoms with van der Waals surface area (Å²) in [4.78, 5) is 0. The zero-order chi connectivity index (χ0) is 22.6. The Morgan fingerprint density at radius 1 is 0.970 bits per heavy atom. The first-order valence-electron chi connectivity index (χ1n) is 10.7. The Morgan fingerprint density at radius 2 is 1.73 bits per heavy atom. The van der Waals surface area contributed by atoms with Gasteiger partial charge in [0, 0.05) is 5.56 Å². The van der Waals surface area contributed by atoms with Gasteiger partial charge in [-0.05, 0) is 36.6 Å². The second-order valence-corrected chi connectivity index (χ2v) is 9.04. The number of thioether (sulfide) groups is 1. The molecule has 2 heterocycles. The minimum Gasteiger partial charge on any atom is -0.454 e. The van der Waals surface area contributed by atoms with Crippen LogP contribution in [0.3, 0.4) is 0 Å². The van der Waals surface area contributed by atoms with Crippen LogP contribution in [0.5, 0.6) is 11.5 Å². The zero-order valence-electron chi connectivity index (χ0n) is 18.1. The van der Waals surface area contributed by atoms with E-state index in [2.05, 4.69) is 52.0 Å². The number of fused-ring (bicyclic) bond motifs is 1. The van der Waals surface area contributed by atoms with Crippen molar-refractivity contribution in [2.75, 3.05) is 6.79 Å². The van der Waals surface area contributed by atoms with E-state index in [1.807, 2.05) is 48.5 Å². The van der Waals surface area contributed by atoms with Crippen molar-refractivity contribution in [1.29, 1.82) is 5.26 Å². The van der Waals surface area contributed by atoms with Gasteiger partial charge in [0.25, 0.3) is 0 Å². The first-order valence-corrected chi connectivity index (χ1v) is 11.6. The molecule has 4 aromatic rings. The molecule has 0 N–H and O–H groups in total. The Labute approximate surface area is 196 Å². The Kier molecular flexibility index (Phi) is 6.01. The zero-order valence-corrected chi connectivity index (χ0v) is 19.0.